The molecule has 0 bridgehead atoms. The number of benzene rings is 1. The smallest absolute Gasteiger partial charge is 0.308 e. The second-order valence-corrected chi connectivity index (χ2v) is 6.04. The van der Waals surface area contributed by atoms with Gasteiger partial charge in [0, 0.05) is 13.1 Å². The molecule has 0 radical (unpaired) electrons. The minimum atomic E-state index is -0.826. The van der Waals surface area contributed by atoms with E-state index in [4.69, 9.17) is 9.47 Å². The van der Waals surface area contributed by atoms with Gasteiger partial charge in [-0.1, -0.05) is 13.0 Å². The molecule has 0 spiro atoms. The van der Waals surface area contributed by atoms with Crippen LogP contribution in [0.3, 0.4) is 0 Å². The summed E-state index contributed by atoms with van der Waals surface area (Å²) in [4.78, 5) is 25.3. The Bertz CT molecular complexity index is 600. The maximum Gasteiger partial charge on any atom is 0.308 e. The van der Waals surface area contributed by atoms with E-state index in [1.807, 2.05) is 19.1 Å². The van der Waals surface area contributed by atoms with Crippen LogP contribution in [-0.2, 0) is 16.0 Å². The quantitative estimate of drug-likeness (QED) is 0.916. The Morgan fingerprint density at radius 1 is 1.27 bits per heavy atom. The molecule has 1 fully saturated rings. The zero-order valence-electron chi connectivity index (χ0n) is 12.4. The number of fused-ring (bicyclic) bond motifs is 1. The summed E-state index contributed by atoms with van der Waals surface area (Å²) in [5, 5.41) is 9.18. The summed E-state index contributed by atoms with van der Waals surface area (Å²) >= 11 is 0. The molecule has 0 aliphatic carbocycles. The van der Waals surface area contributed by atoms with Gasteiger partial charge in [-0.15, -0.1) is 0 Å². The summed E-state index contributed by atoms with van der Waals surface area (Å²) in [7, 11) is 0. The molecule has 1 saturated heterocycles. The van der Waals surface area contributed by atoms with Crippen molar-refractivity contribution in [3.8, 4) is 11.5 Å². The van der Waals surface area contributed by atoms with Crippen LogP contribution in [0.4, 0.5) is 0 Å². The molecule has 22 heavy (non-hydrogen) atoms. The molecule has 1 amide bonds. The summed E-state index contributed by atoms with van der Waals surface area (Å²) in [6.07, 6.45) is 0.874. The molecular weight excluding hydrogens is 286 g/mol. The van der Waals surface area contributed by atoms with E-state index in [1.54, 1.807) is 11.0 Å². The fourth-order valence-electron chi connectivity index (χ4n) is 3.07. The lowest BCUT2D eigenvalue weighted by Crippen LogP contribution is -2.46. The molecular formula is C16H19NO5. The zero-order chi connectivity index (χ0) is 15.7. The van der Waals surface area contributed by atoms with Crippen LogP contribution in [0.25, 0.3) is 0 Å². The number of carbonyl (C=O) groups excluding carboxylic acids is 1. The maximum absolute atomic E-state index is 12.4. The highest BCUT2D eigenvalue weighted by atomic mass is 16.7. The number of amides is 1. The first-order chi connectivity index (χ1) is 10.5. The van der Waals surface area contributed by atoms with Gasteiger partial charge in [0.15, 0.2) is 11.5 Å². The third kappa shape index (κ3) is 3.00. The number of carbonyl (C=O) groups is 2. The van der Waals surface area contributed by atoms with Gasteiger partial charge < -0.3 is 19.5 Å². The summed E-state index contributed by atoms with van der Waals surface area (Å²) in [5.74, 6) is 0.207. The van der Waals surface area contributed by atoms with Crippen LogP contribution in [0.5, 0.6) is 11.5 Å². The Morgan fingerprint density at radius 2 is 2.05 bits per heavy atom. The molecule has 2 aliphatic rings. The van der Waals surface area contributed by atoms with Crippen LogP contribution < -0.4 is 9.47 Å². The molecule has 2 atom stereocenters. The second-order valence-electron chi connectivity index (χ2n) is 6.04. The van der Waals surface area contributed by atoms with E-state index >= 15 is 0 Å². The number of nitrogens with zero attached hydrogens (tertiary/aromatic N) is 1. The molecule has 2 heterocycles. The maximum atomic E-state index is 12.4. The van der Waals surface area contributed by atoms with Gasteiger partial charge in [0.2, 0.25) is 12.7 Å². The Kier molecular flexibility index (Phi) is 3.92. The summed E-state index contributed by atoms with van der Waals surface area (Å²) < 4.78 is 10.6. The van der Waals surface area contributed by atoms with E-state index in [0.29, 0.717) is 31.0 Å². The zero-order valence-corrected chi connectivity index (χ0v) is 12.4. The number of hydrogen-bond donors (Lipinski definition) is 1. The van der Waals surface area contributed by atoms with E-state index < -0.39 is 11.9 Å². The standard InChI is InChI=1S/C16H19NO5/c1-10-4-12(16(19)20)8-17(7-10)15(18)6-11-2-3-13-14(5-11)22-9-21-13/h2-3,5,10,12H,4,6-9H2,1H3,(H,19,20). The molecule has 118 valence electrons. The van der Waals surface area contributed by atoms with E-state index in [2.05, 4.69) is 0 Å². The first kappa shape index (κ1) is 14.7. The number of ether oxygens (including phenoxy) is 2. The molecule has 1 N–H and O–H groups in total. The number of likely N-dealkylation sites (tertiary alicyclic amines) is 1. The average Bonchev–Trinajstić information content (AvgIpc) is 2.94. The lowest BCUT2D eigenvalue weighted by Gasteiger charge is -2.34. The van der Waals surface area contributed by atoms with Gasteiger partial charge in [0.05, 0.1) is 12.3 Å². The highest BCUT2D eigenvalue weighted by Crippen LogP contribution is 2.33. The van der Waals surface area contributed by atoms with Crippen LogP contribution in [0.2, 0.25) is 0 Å². The highest BCUT2D eigenvalue weighted by molar-refractivity contribution is 5.80. The van der Waals surface area contributed by atoms with Crippen molar-refractivity contribution in [1.82, 2.24) is 4.90 Å². The molecule has 0 aromatic heterocycles. The summed E-state index contributed by atoms with van der Waals surface area (Å²) in [6.45, 7) is 3.10. The molecule has 3 rings (SSSR count). The van der Waals surface area contributed by atoms with Crippen molar-refractivity contribution in [2.45, 2.75) is 19.8 Å². The minimum absolute atomic E-state index is 0.0448. The lowest BCUT2D eigenvalue weighted by atomic mass is 9.90. The van der Waals surface area contributed by atoms with Crippen LogP contribution in [-0.4, -0.2) is 41.8 Å². The predicted molar refractivity (Wildman–Crippen MR) is 77.8 cm³/mol. The van der Waals surface area contributed by atoms with E-state index in [0.717, 1.165) is 5.56 Å². The number of hydrogen-bond acceptors (Lipinski definition) is 4. The van der Waals surface area contributed by atoms with Gasteiger partial charge in [-0.25, -0.2) is 0 Å². The summed E-state index contributed by atoms with van der Waals surface area (Å²) in [5.41, 5.74) is 0.847. The van der Waals surface area contributed by atoms with E-state index in [1.165, 1.54) is 0 Å². The monoisotopic (exact) mass is 305 g/mol. The topological polar surface area (TPSA) is 76.1 Å². The average molecular weight is 305 g/mol. The van der Waals surface area contributed by atoms with Crippen molar-refractivity contribution in [3.05, 3.63) is 23.8 Å². The molecule has 1 aromatic carbocycles. The van der Waals surface area contributed by atoms with Crippen molar-refractivity contribution in [2.75, 3.05) is 19.9 Å². The fourth-order valence-corrected chi connectivity index (χ4v) is 3.07. The number of aliphatic carboxylic acids is 1. The molecule has 2 unspecified atom stereocenters. The predicted octanol–water partition coefficient (Wildman–Crippen LogP) is 1.53. The van der Waals surface area contributed by atoms with Gasteiger partial charge in [-0.3, -0.25) is 9.59 Å². The van der Waals surface area contributed by atoms with Gasteiger partial charge in [-0.2, -0.15) is 0 Å². The number of carboxylic acid groups (broad SMARTS) is 1. The van der Waals surface area contributed by atoms with Crippen LogP contribution in [0.1, 0.15) is 18.9 Å². The van der Waals surface area contributed by atoms with Gasteiger partial charge in [0.25, 0.3) is 0 Å². The fraction of sp³-hybridized carbons (Fsp3) is 0.500. The van der Waals surface area contributed by atoms with Crippen molar-refractivity contribution >= 4 is 11.9 Å². The van der Waals surface area contributed by atoms with Crippen molar-refractivity contribution < 1.29 is 24.2 Å². The minimum Gasteiger partial charge on any atom is -0.481 e. The first-order valence-corrected chi connectivity index (χ1v) is 7.42. The van der Waals surface area contributed by atoms with Crippen LogP contribution in [0.15, 0.2) is 18.2 Å². The third-order valence-corrected chi connectivity index (χ3v) is 4.15. The largest absolute Gasteiger partial charge is 0.481 e. The van der Waals surface area contributed by atoms with Gasteiger partial charge in [-0.05, 0) is 30.0 Å². The Labute approximate surface area is 128 Å². The van der Waals surface area contributed by atoms with Gasteiger partial charge >= 0.3 is 5.97 Å². The van der Waals surface area contributed by atoms with Gasteiger partial charge in [0.1, 0.15) is 0 Å². The number of rotatable bonds is 3. The van der Waals surface area contributed by atoms with Crippen LogP contribution >= 0.6 is 0 Å². The highest BCUT2D eigenvalue weighted by Gasteiger charge is 2.31. The molecule has 6 heteroatoms. The normalized spacial score (nSPS) is 23.4. The van der Waals surface area contributed by atoms with E-state index in [-0.39, 0.29) is 25.0 Å². The Hall–Kier alpha value is -2.24. The van der Waals surface area contributed by atoms with Crippen LogP contribution in [0, 0.1) is 11.8 Å². The Balaban J connectivity index is 1.67. The third-order valence-electron chi connectivity index (χ3n) is 4.15. The first-order valence-electron chi connectivity index (χ1n) is 7.42. The molecule has 6 nitrogen and oxygen atoms in total. The molecule has 0 saturated carbocycles. The lowest BCUT2D eigenvalue weighted by molar-refractivity contribution is -0.146. The van der Waals surface area contributed by atoms with Crippen molar-refractivity contribution in [1.29, 1.82) is 0 Å². The molecule has 1 aromatic rings. The number of carboxylic acids is 1. The van der Waals surface area contributed by atoms with Crippen molar-refractivity contribution in [2.24, 2.45) is 11.8 Å². The molecule has 2 aliphatic heterocycles. The number of piperidine rings is 1. The second kappa shape index (κ2) is 5.87. The van der Waals surface area contributed by atoms with E-state index in [9.17, 15) is 14.7 Å². The Morgan fingerprint density at radius 3 is 2.82 bits per heavy atom. The van der Waals surface area contributed by atoms with Crippen molar-refractivity contribution in [3.63, 3.8) is 0 Å². The summed E-state index contributed by atoms with van der Waals surface area (Å²) in [6, 6.07) is 5.44. The SMILES string of the molecule is CC1CC(C(=O)O)CN(C(=O)Cc2ccc3c(c2)OCO3)C1.